The van der Waals surface area contributed by atoms with Crippen LogP contribution in [0.4, 0.5) is 0 Å². The van der Waals surface area contributed by atoms with Gasteiger partial charge >= 0.3 is 0 Å². The Morgan fingerprint density at radius 3 is 2.73 bits per heavy atom. The Balaban J connectivity index is 2.59. The third kappa shape index (κ3) is 3.98. The Kier molecular flexibility index (Phi) is 5.38. The highest BCUT2D eigenvalue weighted by Crippen LogP contribution is 2.25. The highest BCUT2D eigenvalue weighted by Gasteiger charge is 2.17. The van der Waals surface area contributed by atoms with Crippen LogP contribution in [0.5, 0.6) is 0 Å². The molecule has 2 N–H and O–H groups in total. The van der Waals surface area contributed by atoms with Gasteiger partial charge in [0, 0.05) is 6.04 Å². The van der Waals surface area contributed by atoms with Gasteiger partial charge in [-0.05, 0) is 50.9 Å². The minimum atomic E-state index is 0.434. The normalized spacial score (nSPS) is 34.7. The molecule has 15 heavy (non-hydrogen) atoms. The Hall–Kier alpha value is -0.300. The molecular formula is C14H27N. The third-order valence-electron chi connectivity index (χ3n) is 4.09. The molecule has 0 aromatic carbocycles. The lowest BCUT2D eigenvalue weighted by Gasteiger charge is -2.25. The Morgan fingerprint density at radius 1 is 1.33 bits per heavy atom. The molecule has 0 aromatic heterocycles. The first kappa shape index (κ1) is 12.8. The molecule has 3 unspecified atom stereocenters. The summed E-state index contributed by atoms with van der Waals surface area (Å²) in [7, 11) is 0. The van der Waals surface area contributed by atoms with Gasteiger partial charge in [-0.2, -0.15) is 0 Å². The first-order valence-electron chi connectivity index (χ1n) is 6.57. The zero-order chi connectivity index (χ0) is 11.3. The summed E-state index contributed by atoms with van der Waals surface area (Å²) >= 11 is 0. The molecule has 0 heterocycles. The van der Waals surface area contributed by atoms with Crippen LogP contribution in [0.2, 0.25) is 0 Å². The van der Waals surface area contributed by atoms with Crippen molar-refractivity contribution in [3.63, 3.8) is 0 Å². The van der Waals surface area contributed by atoms with Gasteiger partial charge in [0.2, 0.25) is 0 Å². The molecule has 0 bridgehead atoms. The maximum atomic E-state index is 6.27. The number of nitrogens with two attached hydrogens (primary N) is 1. The molecule has 0 spiro atoms. The Bertz CT molecular complexity index is 207. The first-order valence-corrected chi connectivity index (χ1v) is 6.57. The van der Waals surface area contributed by atoms with Crippen LogP contribution in [0.3, 0.4) is 0 Å². The SMILES string of the molecule is CCC1CCCC=C(C)C(C)CCC1N. The van der Waals surface area contributed by atoms with Crippen molar-refractivity contribution in [2.45, 2.75) is 65.3 Å². The molecule has 3 atom stereocenters. The van der Waals surface area contributed by atoms with Crippen molar-refractivity contribution in [3.8, 4) is 0 Å². The van der Waals surface area contributed by atoms with E-state index in [0.29, 0.717) is 6.04 Å². The van der Waals surface area contributed by atoms with Crippen molar-refractivity contribution in [1.82, 2.24) is 0 Å². The second-order valence-electron chi connectivity index (χ2n) is 5.19. The average molecular weight is 209 g/mol. The summed E-state index contributed by atoms with van der Waals surface area (Å²) in [6, 6.07) is 0.434. The summed E-state index contributed by atoms with van der Waals surface area (Å²) in [6.07, 6.45) is 10.0. The second kappa shape index (κ2) is 6.32. The fourth-order valence-electron chi connectivity index (χ4n) is 2.54. The van der Waals surface area contributed by atoms with Crippen molar-refractivity contribution in [3.05, 3.63) is 11.6 Å². The minimum absolute atomic E-state index is 0.434. The molecule has 0 fully saturated rings. The number of hydrogen-bond acceptors (Lipinski definition) is 1. The van der Waals surface area contributed by atoms with E-state index in [9.17, 15) is 0 Å². The van der Waals surface area contributed by atoms with E-state index < -0.39 is 0 Å². The van der Waals surface area contributed by atoms with Crippen molar-refractivity contribution < 1.29 is 0 Å². The van der Waals surface area contributed by atoms with Crippen molar-refractivity contribution >= 4 is 0 Å². The smallest absolute Gasteiger partial charge is 0.00672 e. The van der Waals surface area contributed by atoms with E-state index in [1.54, 1.807) is 5.57 Å². The lowest BCUT2D eigenvalue weighted by molar-refractivity contribution is 0.338. The van der Waals surface area contributed by atoms with Gasteiger partial charge < -0.3 is 5.73 Å². The summed E-state index contributed by atoms with van der Waals surface area (Å²) in [5.74, 6) is 1.48. The van der Waals surface area contributed by atoms with E-state index in [4.69, 9.17) is 5.73 Å². The van der Waals surface area contributed by atoms with Crippen LogP contribution < -0.4 is 5.73 Å². The van der Waals surface area contributed by atoms with Gasteiger partial charge in [-0.25, -0.2) is 0 Å². The van der Waals surface area contributed by atoms with Crippen LogP contribution in [0.15, 0.2) is 11.6 Å². The summed E-state index contributed by atoms with van der Waals surface area (Å²) in [5, 5.41) is 0. The number of rotatable bonds is 1. The van der Waals surface area contributed by atoms with Gasteiger partial charge in [0.15, 0.2) is 0 Å². The van der Waals surface area contributed by atoms with Crippen LogP contribution in [0.1, 0.15) is 59.3 Å². The summed E-state index contributed by atoms with van der Waals surface area (Å²) in [6.45, 7) is 6.89. The fourth-order valence-corrected chi connectivity index (χ4v) is 2.54. The molecule has 1 heteroatoms. The summed E-state index contributed by atoms with van der Waals surface area (Å²) < 4.78 is 0. The average Bonchev–Trinajstić information content (AvgIpc) is 2.24. The van der Waals surface area contributed by atoms with Gasteiger partial charge in [0.25, 0.3) is 0 Å². The van der Waals surface area contributed by atoms with Crippen LogP contribution in [-0.2, 0) is 0 Å². The molecule has 88 valence electrons. The van der Waals surface area contributed by atoms with Crippen molar-refractivity contribution in [2.24, 2.45) is 17.6 Å². The lowest BCUT2D eigenvalue weighted by atomic mass is 9.84. The number of allylic oxidation sites excluding steroid dienone is 2. The fraction of sp³-hybridized carbons (Fsp3) is 0.857. The van der Waals surface area contributed by atoms with Crippen LogP contribution in [0, 0.1) is 11.8 Å². The molecule has 1 rings (SSSR count). The van der Waals surface area contributed by atoms with Crippen molar-refractivity contribution in [2.75, 3.05) is 0 Å². The molecular weight excluding hydrogens is 182 g/mol. The zero-order valence-corrected chi connectivity index (χ0v) is 10.6. The molecule has 0 saturated carbocycles. The minimum Gasteiger partial charge on any atom is -0.327 e. The van der Waals surface area contributed by atoms with E-state index in [1.165, 1.54) is 38.5 Å². The largest absolute Gasteiger partial charge is 0.327 e. The summed E-state index contributed by atoms with van der Waals surface area (Å²) in [5.41, 5.74) is 7.83. The molecule has 1 aliphatic rings. The quantitative estimate of drug-likeness (QED) is 0.651. The van der Waals surface area contributed by atoms with E-state index >= 15 is 0 Å². The van der Waals surface area contributed by atoms with Gasteiger partial charge in [0.05, 0.1) is 0 Å². The summed E-state index contributed by atoms with van der Waals surface area (Å²) in [4.78, 5) is 0. The maximum absolute atomic E-state index is 6.27. The third-order valence-corrected chi connectivity index (χ3v) is 4.09. The molecule has 1 nitrogen and oxygen atoms in total. The molecule has 0 amide bonds. The molecule has 0 aromatic rings. The highest BCUT2D eigenvalue weighted by molar-refractivity contribution is 5.02. The van der Waals surface area contributed by atoms with E-state index in [0.717, 1.165) is 11.8 Å². The predicted octanol–water partition coefficient (Wildman–Crippen LogP) is 3.89. The van der Waals surface area contributed by atoms with E-state index in [1.807, 2.05) is 0 Å². The highest BCUT2D eigenvalue weighted by atomic mass is 14.6. The zero-order valence-electron chi connectivity index (χ0n) is 10.6. The first-order chi connectivity index (χ1) is 7.15. The molecule has 1 aliphatic carbocycles. The monoisotopic (exact) mass is 209 g/mol. The van der Waals surface area contributed by atoms with Gasteiger partial charge in [-0.3, -0.25) is 0 Å². The number of hydrogen-bond donors (Lipinski definition) is 1. The molecule has 0 radical (unpaired) electrons. The molecule has 0 saturated heterocycles. The van der Waals surface area contributed by atoms with Crippen LogP contribution in [0.25, 0.3) is 0 Å². The Morgan fingerprint density at radius 2 is 2.07 bits per heavy atom. The van der Waals surface area contributed by atoms with Crippen LogP contribution in [-0.4, -0.2) is 6.04 Å². The topological polar surface area (TPSA) is 26.0 Å². The predicted molar refractivity (Wildman–Crippen MR) is 67.8 cm³/mol. The van der Waals surface area contributed by atoms with E-state index in [-0.39, 0.29) is 0 Å². The Labute approximate surface area is 95.1 Å². The maximum Gasteiger partial charge on any atom is 0.00672 e. The standard InChI is InChI=1S/C14H27N/c1-4-13-8-6-5-7-11(2)12(3)9-10-14(13)15/h7,12-14H,4-6,8-10,15H2,1-3H3. The second-order valence-corrected chi connectivity index (χ2v) is 5.19. The van der Waals surface area contributed by atoms with Gasteiger partial charge in [-0.15, -0.1) is 0 Å². The van der Waals surface area contributed by atoms with Gasteiger partial charge in [-0.1, -0.05) is 31.9 Å². The molecule has 0 aliphatic heterocycles. The lowest BCUT2D eigenvalue weighted by Crippen LogP contribution is -2.30. The van der Waals surface area contributed by atoms with E-state index in [2.05, 4.69) is 26.8 Å². The van der Waals surface area contributed by atoms with Crippen LogP contribution >= 0.6 is 0 Å². The van der Waals surface area contributed by atoms with Crippen molar-refractivity contribution in [1.29, 1.82) is 0 Å². The van der Waals surface area contributed by atoms with Gasteiger partial charge in [0.1, 0.15) is 0 Å².